The molecule has 0 bridgehead atoms. The Bertz CT molecular complexity index is 237. The quantitative estimate of drug-likeness (QED) is 0.223. The third-order valence-corrected chi connectivity index (χ3v) is 3.20. The van der Waals surface area contributed by atoms with E-state index in [0.717, 1.165) is 38.6 Å². The lowest BCUT2D eigenvalue weighted by Crippen LogP contribution is -2.38. The molecule has 6 heteroatoms. The second-order valence-electron chi connectivity index (χ2n) is 4.79. The molecule has 0 radical (unpaired) electrons. The Labute approximate surface area is 147 Å². The molecular formula is C15H34IN3O2. The highest BCUT2D eigenvalue weighted by Crippen LogP contribution is 2.06. The van der Waals surface area contributed by atoms with Crippen molar-refractivity contribution >= 4 is 29.9 Å². The average molecular weight is 415 g/mol. The Morgan fingerprint density at radius 2 is 1.76 bits per heavy atom. The lowest BCUT2D eigenvalue weighted by Gasteiger charge is -2.14. The van der Waals surface area contributed by atoms with Crippen molar-refractivity contribution in [2.45, 2.75) is 40.0 Å². The summed E-state index contributed by atoms with van der Waals surface area (Å²) in [5, 5.41) is 6.62. The van der Waals surface area contributed by atoms with E-state index in [4.69, 9.17) is 9.47 Å². The van der Waals surface area contributed by atoms with Gasteiger partial charge in [-0.3, -0.25) is 4.99 Å². The minimum absolute atomic E-state index is 0. The van der Waals surface area contributed by atoms with E-state index in [1.807, 2.05) is 0 Å². The monoisotopic (exact) mass is 415 g/mol. The number of halogens is 1. The Hall–Kier alpha value is -0.0800. The summed E-state index contributed by atoms with van der Waals surface area (Å²) < 4.78 is 10.3. The second-order valence-corrected chi connectivity index (χ2v) is 4.79. The van der Waals surface area contributed by atoms with E-state index in [9.17, 15) is 0 Å². The molecule has 128 valence electrons. The van der Waals surface area contributed by atoms with Gasteiger partial charge >= 0.3 is 0 Å². The fourth-order valence-electron chi connectivity index (χ4n) is 1.73. The first-order valence-corrected chi connectivity index (χ1v) is 7.87. The summed E-state index contributed by atoms with van der Waals surface area (Å²) in [6, 6.07) is 0. The molecule has 0 saturated carbocycles. The van der Waals surface area contributed by atoms with Crippen LogP contribution in [0.1, 0.15) is 40.0 Å². The third kappa shape index (κ3) is 14.6. The lowest BCUT2D eigenvalue weighted by atomic mass is 10.0. The number of guanidine groups is 1. The zero-order chi connectivity index (χ0) is 15.1. The maximum Gasteiger partial charge on any atom is 0.191 e. The van der Waals surface area contributed by atoms with Crippen LogP contribution in [0.5, 0.6) is 0 Å². The molecule has 0 aliphatic carbocycles. The number of nitrogens with zero attached hydrogens (tertiary/aromatic N) is 1. The SMILES string of the molecule is CCNC(=NCC(CC)CC)NCCCOCCOC.I. The summed E-state index contributed by atoms with van der Waals surface area (Å²) in [4.78, 5) is 4.64. The highest BCUT2D eigenvalue weighted by molar-refractivity contribution is 14.0. The van der Waals surface area contributed by atoms with Crippen LogP contribution in [-0.2, 0) is 9.47 Å². The fraction of sp³-hybridized carbons (Fsp3) is 0.933. The van der Waals surface area contributed by atoms with Gasteiger partial charge in [0.1, 0.15) is 0 Å². The third-order valence-electron chi connectivity index (χ3n) is 3.20. The second kappa shape index (κ2) is 18.0. The number of aliphatic imine (C=N–C) groups is 1. The van der Waals surface area contributed by atoms with Crippen LogP contribution in [0.15, 0.2) is 4.99 Å². The van der Waals surface area contributed by atoms with Crippen molar-refractivity contribution < 1.29 is 9.47 Å². The maximum atomic E-state index is 5.42. The van der Waals surface area contributed by atoms with Crippen LogP contribution >= 0.6 is 24.0 Å². The topological polar surface area (TPSA) is 54.9 Å². The molecule has 0 aromatic rings. The molecule has 0 spiro atoms. The van der Waals surface area contributed by atoms with E-state index in [2.05, 4.69) is 36.4 Å². The summed E-state index contributed by atoms with van der Waals surface area (Å²) in [7, 11) is 1.68. The van der Waals surface area contributed by atoms with Crippen LogP contribution in [0.4, 0.5) is 0 Å². The summed E-state index contributed by atoms with van der Waals surface area (Å²) in [6.45, 7) is 11.3. The van der Waals surface area contributed by atoms with Gasteiger partial charge in [0.05, 0.1) is 13.2 Å². The van der Waals surface area contributed by atoms with Crippen LogP contribution in [0, 0.1) is 5.92 Å². The van der Waals surface area contributed by atoms with Crippen LogP contribution < -0.4 is 10.6 Å². The van der Waals surface area contributed by atoms with E-state index in [1.165, 1.54) is 12.8 Å². The van der Waals surface area contributed by atoms with E-state index in [-0.39, 0.29) is 24.0 Å². The molecule has 0 saturated heterocycles. The number of rotatable bonds is 12. The lowest BCUT2D eigenvalue weighted by molar-refractivity contribution is 0.0698. The molecule has 0 fully saturated rings. The highest BCUT2D eigenvalue weighted by Gasteiger charge is 2.03. The summed E-state index contributed by atoms with van der Waals surface area (Å²) in [6.07, 6.45) is 3.35. The zero-order valence-electron chi connectivity index (χ0n) is 14.1. The molecule has 0 aliphatic heterocycles. The predicted octanol–water partition coefficient (Wildman–Crippen LogP) is 2.65. The fourth-order valence-corrected chi connectivity index (χ4v) is 1.73. The molecule has 0 atom stereocenters. The number of methoxy groups -OCH3 is 1. The first-order valence-electron chi connectivity index (χ1n) is 7.87. The van der Waals surface area contributed by atoms with Crippen molar-refractivity contribution in [2.24, 2.45) is 10.9 Å². The molecule has 2 N–H and O–H groups in total. The van der Waals surface area contributed by atoms with Gasteiger partial charge in [-0.2, -0.15) is 0 Å². The first-order chi connectivity index (χ1) is 9.78. The minimum Gasteiger partial charge on any atom is -0.382 e. The van der Waals surface area contributed by atoms with Crippen molar-refractivity contribution in [3.63, 3.8) is 0 Å². The van der Waals surface area contributed by atoms with Gasteiger partial charge in [0.2, 0.25) is 0 Å². The normalized spacial score (nSPS) is 11.4. The molecule has 0 aromatic heterocycles. The molecule has 5 nitrogen and oxygen atoms in total. The smallest absolute Gasteiger partial charge is 0.191 e. The molecule has 21 heavy (non-hydrogen) atoms. The minimum atomic E-state index is 0. The maximum absolute atomic E-state index is 5.42. The van der Waals surface area contributed by atoms with Gasteiger partial charge < -0.3 is 20.1 Å². The van der Waals surface area contributed by atoms with Crippen molar-refractivity contribution in [2.75, 3.05) is 46.6 Å². The zero-order valence-corrected chi connectivity index (χ0v) is 16.4. The molecule has 0 heterocycles. The first kappa shape index (κ1) is 23.2. The number of hydrogen-bond acceptors (Lipinski definition) is 3. The van der Waals surface area contributed by atoms with E-state index >= 15 is 0 Å². The van der Waals surface area contributed by atoms with Crippen LogP contribution in [0.2, 0.25) is 0 Å². The molecule has 0 aliphatic rings. The van der Waals surface area contributed by atoms with Gasteiger partial charge in [0, 0.05) is 33.4 Å². The van der Waals surface area contributed by atoms with Gasteiger partial charge in [-0.1, -0.05) is 26.7 Å². The summed E-state index contributed by atoms with van der Waals surface area (Å²) >= 11 is 0. The number of hydrogen-bond donors (Lipinski definition) is 2. The van der Waals surface area contributed by atoms with E-state index < -0.39 is 0 Å². The van der Waals surface area contributed by atoms with Gasteiger partial charge in [-0.05, 0) is 19.3 Å². The van der Waals surface area contributed by atoms with Crippen molar-refractivity contribution in [3.05, 3.63) is 0 Å². The van der Waals surface area contributed by atoms with Crippen LogP contribution in [0.25, 0.3) is 0 Å². The Morgan fingerprint density at radius 3 is 2.33 bits per heavy atom. The van der Waals surface area contributed by atoms with Gasteiger partial charge in [0.25, 0.3) is 0 Å². The largest absolute Gasteiger partial charge is 0.382 e. The highest BCUT2D eigenvalue weighted by atomic mass is 127. The van der Waals surface area contributed by atoms with Crippen molar-refractivity contribution in [1.82, 2.24) is 10.6 Å². The van der Waals surface area contributed by atoms with Gasteiger partial charge in [-0.15, -0.1) is 24.0 Å². The predicted molar refractivity (Wildman–Crippen MR) is 101 cm³/mol. The Balaban J connectivity index is 0. The standard InChI is InChI=1S/C15H33N3O2.HI/c1-5-14(6-2)13-18-15(16-7-3)17-9-8-10-20-12-11-19-4;/h14H,5-13H2,1-4H3,(H2,16,17,18);1H. The summed E-state index contributed by atoms with van der Waals surface area (Å²) in [5.74, 6) is 1.60. The Morgan fingerprint density at radius 1 is 1.05 bits per heavy atom. The van der Waals surface area contributed by atoms with Crippen LogP contribution in [-0.4, -0.2) is 52.5 Å². The van der Waals surface area contributed by atoms with Crippen molar-refractivity contribution in [3.8, 4) is 0 Å². The molecule has 0 aromatic carbocycles. The molecule has 0 rings (SSSR count). The molecular weight excluding hydrogens is 381 g/mol. The number of nitrogens with one attached hydrogen (secondary N) is 2. The van der Waals surface area contributed by atoms with E-state index in [1.54, 1.807) is 7.11 Å². The summed E-state index contributed by atoms with van der Waals surface area (Å²) in [5.41, 5.74) is 0. The van der Waals surface area contributed by atoms with Crippen LogP contribution in [0.3, 0.4) is 0 Å². The van der Waals surface area contributed by atoms with Crippen molar-refractivity contribution in [1.29, 1.82) is 0 Å². The van der Waals surface area contributed by atoms with E-state index in [0.29, 0.717) is 19.1 Å². The van der Waals surface area contributed by atoms with Gasteiger partial charge in [0.15, 0.2) is 5.96 Å². The average Bonchev–Trinajstić information content (AvgIpc) is 2.47. The number of ether oxygens (including phenoxy) is 2. The Kier molecular flexibility index (Phi) is 19.8. The molecule has 0 amide bonds. The van der Waals surface area contributed by atoms with Gasteiger partial charge in [-0.25, -0.2) is 0 Å². The molecule has 0 unspecified atom stereocenters.